The van der Waals surface area contributed by atoms with E-state index in [1.165, 1.54) is 5.56 Å². The molecule has 0 saturated heterocycles. The van der Waals surface area contributed by atoms with Crippen LogP contribution in [0.2, 0.25) is 0 Å². The minimum absolute atomic E-state index is 0.0586. The maximum atomic E-state index is 12.3. The molecule has 1 aliphatic rings. The molecule has 0 atom stereocenters. The number of benzene rings is 2. The molecule has 5 nitrogen and oxygen atoms in total. The Hall–Kier alpha value is -2.82. The van der Waals surface area contributed by atoms with E-state index in [2.05, 4.69) is 31.3 Å². The van der Waals surface area contributed by atoms with Crippen molar-refractivity contribution in [2.75, 3.05) is 6.79 Å². The lowest BCUT2D eigenvalue weighted by atomic mass is 9.87. The first-order chi connectivity index (χ1) is 11.8. The Morgan fingerprint density at radius 2 is 1.64 bits per heavy atom. The Morgan fingerprint density at radius 3 is 2.32 bits per heavy atom. The Balaban J connectivity index is 1.69. The van der Waals surface area contributed by atoms with E-state index < -0.39 is 0 Å². The number of ether oxygens (including phenoxy) is 2. The zero-order chi connectivity index (χ0) is 18.0. The Labute approximate surface area is 147 Å². The normalized spacial score (nSPS) is 13.7. The number of nitrogens with zero attached hydrogens (tertiary/aromatic N) is 1. The molecule has 3 rings (SSSR count). The highest BCUT2D eigenvalue weighted by Crippen LogP contribution is 2.32. The predicted octanol–water partition coefficient (Wildman–Crippen LogP) is 3.87. The molecule has 0 saturated carbocycles. The minimum atomic E-state index is -0.236. The lowest BCUT2D eigenvalue weighted by Gasteiger charge is -2.18. The van der Waals surface area contributed by atoms with Gasteiger partial charge in [-0.05, 0) is 48.2 Å². The van der Waals surface area contributed by atoms with Gasteiger partial charge in [0.25, 0.3) is 5.91 Å². The van der Waals surface area contributed by atoms with Gasteiger partial charge in [-0.25, -0.2) is 5.43 Å². The van der Waals surface area contributed by atoms with Gasteiger partial charge in [-0.2, -0.15) is 5.10 Å². The first-order valence-corrected chi connectivity index (χ1v) is 8.20. The van der Waals surface area contributed by atoms with Crippen LogP contribution in [0.3, 0.4) is 0 Å². The van der Waals surface area contributed by atoms with Gasteiger partial charge in [0.15, 0.2) is 11.5 Å². The van der Waals surface area contributed by atoms with Crippen LogP contribution in [-0.2, 0) is 5.41 Å². The van der Waals surface area contributed by atoms with E-state index in [0.717, 1.165) is 11.3 Å². The summed E-state index contributed by atoms with van der Waals surface area (Å²) in [7, 11) is 0. The van der Waals surface area contributed by atoms with Crippen LogP contribution in [-0.4, -0.2) is 18.4 Å². The molecule has 0 bridgehead atoms. The SMILES string of the molecule is C/C(=N/NC(=O)c1ccc(C(C)(C)C)cc1)c1ccc2c(c1)OCO2. The van der Waals surface area contributed by atoms with E-state index >= 15 is 0 Å². The molecule has 0 aromatic heterocycles. The van der Waals surface area contributed by atoms with Crippen LogP contribution in [0.5, 0.6) is 11.5 Å². The van der Waals surface area contributed by atoms with E-state index in [1.807, 2.05) is 49.4 Å². The van der Waals surface area contributed by atoms with Crippen molar-refractivity contribution in [3.8, 4) is 11.5 Å². The highest BCUT2D eigenvalue weighted by atomic mass is 16.7. The van der Waals surface area contributed by atoms with Crippen molar-refractivity contribution in [2.24, 2.45) is 5.10 Å². The number of nitrogens with one attached hydrogen (secondary N) is 1. The van der Waals surface area contributed by atoms with Crippen LogP contribution in [0.15, 0.2) is 47.6 Å². The van der Waals surface area contributed by atoms with Gasteiger partial charge in [0.05, 0.1) is 5.71 Å². The third-order valence-electron chi connectivity index (χ3n) is 4.13. The van der Waals surface area contributed by atoms with Crippen LogP contribution in [0.1, 0.15) is 49.2 Å². The van der Waals surface area contributed by atoms with Gasteiger partial charge >= 0.3 is 0 Å². The van der Waals surface area contributed by atoms with Gasteiger partial charge in [0, 0.05) is 11.1 Å². The largest absolute Gasteiger partial charge is 0.454 e. The van der Waals surface area contributed by atoms with Gasteiger partial charge in [0.1, 0.15) is 0 Å². The number of amides is 1. The number of hydrogen-bond acceptors (Lipinski definition) is 4. The third kappa shape index (κ3) is 3.82. The van der Waals surface area contributed by atoms with Crippen LogP contribution in [0, 0.1) is 0 Å². The summed E-state index contributed by atoms with van der Waals surface area (Å²) in [5.41, 5.74) is 5.98. The molecule has 0 spiro atoms. The van der Waals surface area contributed by atoms with Crippen LogP contribution < -0.4 is 14.9 Å². The zero-order valence-corrected chi connectivity index (χ0v) is 14.9. The predicted molar refractivity (Wildman–Crippen MR) is 97.4 cm³/mol. The number of fused-ring (bicyclic) bond motifs is 1. The maximum absolute atomic E-state index is 12.3. The van der Waals surface area contributed by atoms with Crippen LogP contribution in [0.4, 0.5) is 0 Å². The summed E-state index contributed by atoms with van der Waals surface area (Å²) in [5.74, 6) is 1.18. The average molecular weight is 338 g/mol. The molecule has 5 heteroatoms. The summed E-state index contributed by atoms with van der Waals surface area (Å²) in [6.07, 6.45) is 0. The van der Waals surface area contributed by atoms with Gasteiger partial charge in [0.2, 0.25) is 6.79 Å². The fourth-order valence-electron chi connectivity index (χ4n) is 2.51. The molecule has 1 aliphatic heterocycles. The highest BCUT2D eigenvalue weighted by Gasteiger charge is 2.15. The molecule has 0 aliphatic carbocycles. The number of hydrogen-bond donors (Lipinski definition) is 1. The molecule has 25 heavy (non-hydrogen) atoms. The Morgan fingerprint density at radius 1 is 1.00 bits per heavy atom. The van der Waals surface area contributed by atoms with Gasteiger partial charge < -0.3 is 9.47 Å². The number of carbonyl (C=O) groups is 1. The lowest BCUT2D eigenvalue weighted by molar-refractivity contribution is 0.0954. The quantitative estimate of drug-likeness (QED) is 0.683. The Kier molecular flexibility index (Phi) is 4.49. The molecule has 0 fully saturated rings. The summed E-state index contributed by atoms with van der Waals surface area (Å²) in [6, 6.07) is 13.2. The lowest BCUT2D eigenvalue weighted by Crippen LogP contribution is -2.20. The molecule has 1 amide bonds. The number of rotatable bonds is 3. The summed E-state index contributed by atoms with van der Waals surface area (Å²) in [4.78, 5) is 12.3. The van der Waals surface area contributed by atoms with Gasteiger partial charge in [-0.15, -0.1) is 0 Å². The van der Waals surface area contributed by atoms with Crippen molar-refractivity contribution in [3.63, 3.8) is 0 Å². The van der Waals surface area contributed by atoms with E-state index in [-0.39, 0.29) is 18.1 Å². The third-order valence-corrected chi connectivity index (χ3v) is 4.13. The van der Waals surface area contributed by atoms with Gasteiger partial charge in [-0.3, -0.25) is 4.79 Å². The minimum Gasteiger partial charge on any atom is -0.454 e. The molecule has 0 unspecified atom stereocenters. The standard InChI is InChI=1S/C20H22N2O3/c1-13(15-7-10-17-18(11-15)25-12-24-17)21-22-19(23)14-5-8-16(9-6-14)20(2,3)4/h5-11H,12H2,1-4H3,(H,22,23)/b21-13-. The van der Waals surface area contributed by atoms with Crippen molar-refractivity contribution < 1.29 is 14.3 Å². The van der Waals surface area contributed by atoms with E-state index in [1.54, 1.807) is 0 Å². The fraction of sp³-hybridized carbons (Fsp3) is 0.300. The van der Waals surface area contributed by atoms with E-state index in [0.29, 0.717) is 17.0 Å². The summed E-state index contributed by atoms with van der Waals surface area (Å²) < 4.78 is 10.6. The summed E-state index contributed by atoms with van der Waals surface area (Å²) >= 11 is 0. The first kappa shape index (κ1) is 17.0. The van der Waals surface area contributed by atoms with Crippen molar-refractivity contribution in [3.05, 3.63) is 59.2 Å². The zero-order valence-electron chi connectivity index (χ0n) is 14.9. The molecule has 1 heterocycles. The molecule has 130 valence electrons. The molecule has 2 aromatic carbocycles. The topological polar surface area (TPSA) is 59.9 Å². The monoisotopic (exact) mass is 338 g/mol. The second-order valence-electron chi connectivity index (χ2n) is 7.03. The van der Waals surface area contributed by atoms with Crippen LogP contribution in [0.25, 0.3) is 0 Å². The highest BCUT2D eigenvalue weighted by molar-refractivity contribution is 6.01. The van der Waals surface area contributed by atoms with Crippen molar-refractivity contribution >= 4 is 11.6 Å². The van der Waals surface area contributed by atoms with E-state index in [9.17, 15) is 4.79 Å². The molecule has 1 N–H and O–H groups in total. The number of hydrazone groups is 1. The molecular weight excluding hydrogens is 316 g/mol. The maximum Gasteiger partial charge on any atom is 0.271 e. The summed E-state index contributed by atoms with van der Waals surface area (Å²) in [5, 5.41) is 4.19. The summed E-state index contributed by atoms with van der Waals surface area (Å²) in [6.45, 7) is 8.49. The Bertz CT molecular complexity index is 818. The first-order valence-electron chi connectivity index (χ1n) is 8.20. The second-order valence-corrected chi connectivity index (χ2v) is 7.03. The van der Waals surface area contributed by atoms with E-state index in [4.69, 9.17) is 9.47 Å². The second kappa shape index (κ2) is 6.59. The number of carbonyl (C=O) groups excluding carboxylic acids is 1. The van der Waals surface area contributed by atoms with Crippen LogP contribution >= 0.6 is 0 Å². The molecule has 2 aromatic rings. The van der Waals surface area contributed by atoms with Crippen molar-refractivity contribution in [1.82, 2.24) is 5.43 Å². The molecular formula is C20H22N2O3. The van der Waals surface area contributed by atoms with Crippen molar-refractivity contribution in [1.29, 1.82) is 0 Å². The van der Waals surface area contributed by atoms with Gasteiger partial charge in [-0.1, -0.05) is 32.9 Å². The average Bonchev–Trinajstić information content (AvgIpc) is 3.06. The fourth-order valence-corrected chi connectivity index (χ4v) is 2.51. The molecule has 0 radical (unpaired) electrons. The van der Waals surface area contributed by atoms with Crippen molar-refractivity contribution in [2.45, 2.75) is 33.1 Å². The smallest absolute Gasteiger partial charge is 0.271 e.